The van der Waals surface area contributed by atoms with Gasteiger partial charge in [0.25, 0.3) is 0 Å². The van der Waals surface area contributed by atoms with Gasteiger partial charge in [0, 0.05) is 44.4 Å². The Bertz CT molecular complexity index is 1060. The van der Waals surface area contributed by atoms with Crippen molar-refractivity contribution in [1.82, 2.24) is 9.55 Å². The number of fused-ring (bicyclic) bond motifs is 6. The number of pyridine rings is 2. The molecular formula is C23H27ClN2O4. The summed E-state index contributed by atoms with van der Waals surface area (Å²) in [6, 6.07) is 3.65. The molecule has 4 rings (SSSR count). The lowest BCUT2D eigenvalue weighted by atomic mass is 9.79. The summed E-state index contributed by atoms with van der Waals surface area (Å²) in [5, 5.41) is 0.275. The van der Waals surface area contributed by atoms with Crippen LogP contribution in [0.25, 0.3) is 11.4 Å². The summed E-state index contributed by atoms with van der Waals surface area (Å²) in [5.41, 5.74) is 2.42. The molecule has 2 aromatic heterocycles. The van der Waals surface area contributed by atoms with E-state index in [1.54, 1.807) is 13.3 Å². The second kappa shape index (κ2) is 7.82. The van der Waals surface area contributed by atoms with Gasteiger partial charge in [-0.05, 0) is 36.8 Å². The van der Waals surface area contributed by atoms with Crippen molar-refractivity contribution in [3.05, 3.63) is 44.8 Å². The van der Waals surface area contributed by atoms with Crippen molar-refractivity contribution in [2.45, 2.75) is 52.0 Å². The van der Waals surface area contributed by atoms with Crippen molar-refractivity contribution < 1.29 is 14.3 Å². The van der Waals surface area contributed by atoms with Crippen molar-refractivity contribution >= 4 is 17.4 Å². The Morgan fingerprint density at radius 3 is 2.80 bits per heavy atom. The molecule has 3 heterocycles. The second-order valence-electron chi connectivity index (χ2n) is 8.89. The monoisotopic (exact) mass is 430 g/mol. The summed E-state index contributed by atoms with van der Waals surface area (Å²) in [4.78, 5) is 29.3. The van der Waals surface area contributed by atoms with Gasteiger partial charge in [-0.25, -0.2) is 4.98 Å². The standard InChI is InChI=1S/C23H27ClN2O4/c1-13(27)16-12-26-17(11-18(16)28)20-15(14-6-7-23(2,3)21(14)26)10-19(22(24)25-20)30-9-5-8-29-4/h10-12,14,21H,5-9H2,1-4H3. The van der Waals surface area contributed by atoms with Crippen molar-refractivity contribution in [1.29, 1.82) is 0 Å². The molecule has 30 heavy (non-hydrogen) atoms. The Labute approximate surface area is 181 Å². The largest absolute Gasteiger partial charge is 0.490 e. The lowest BCUT2D eigenvalue weighted by molar-refractivity contribution is 0.101. The maximum Gasteiger partial charge on any atom is 0.193 e. The third-order valence-electron chi connectivity index (χ3n) is 6.41. The summed E-state index contributed by atoms with van der Waals surface area (Å²) in [6.07, 6.45) is 4.51. The fourth-order valence-corrected chi connectivity index (χ4v) is 5.16. The van der Waals surface area contributed by atoms with E-state index in [1.165, 1.54) is 13.0 Å². The summed E-state index contributed by atoms with van der Waals surface area (Å²) in [7, 11) is 1.66. The third kappa shape index (κ3) is 3.46. The van der Waals surface area contributed by atoms with Gasteiger partial charge in [-0.2, -0.15) is 0 Å². The molecule has 1 aliphatic carbocycles. The SMILES string of the molecule is COCCCOc1cc2c(nc1Cl)-c1cc(=O)c(C(C)=O)cn1C1C2CCC1(C)C. The number of halogens is 1. The molecule has 2 unspecified atom stereocenters. The summed E-state index contributed by atoms with van der Waals surface area (Å²) < 4.78 is 13.0. The Morgan fingerprint density at radius 1 is 1.33 bits per heavy atom. The number of ether oxygens (including phenoxy) is 2. The number of ketones is 1. The first-order valence-corrected chi connectivity index (χ1v) is 10.7. The van der Waals surface area contributed by atoms with Crippen LogP contribution in [0.4, 0.5) is 0 Å². The molecule has 1 aliphatic heterocycles. The number of Topliss-reactive ketones (excluding diaryl/α,β-unsaturated/α-hetero) is 1. The number of methoxy groups -OCH3 is 1. The predicted octanol–water partition coefficient (Wildman–Crippen LogP) is 4.64. The molecule has 0 bridgehead atoms. The van der Waals surface area contributed by atoms with E-state index >= 15 is 0 Å². The fourth-order valence-electron chi connectivity index (χ4n) is 4.97. The van der Waals surface area contributed by atoms with Crippen LogP contribution in [-0.4, -0.2) is 35.7 Å². The molecular weight excluding hydrogens is 404 g/mol. The molecule has 0 radical (unpaired) electrons. The molecule has 1 saturated carbocycles. The Morgan fingerprint density at radius 2 is 2.10 bits per heavy atom. The van der Waals surface area contributed by atoms with Crippen LogP contribution in [0.5, 0.6) is 5.75 Å². The lowest BCUT2D eigenvalue weighted by Crippen LogP contribution is -2.32. The van der Waals surface area contributed by atoms with E-state index in [-0.39, 0.29) is 39.3 Å². The molecule has 2 atom stereocenters. The van der Waals surface area contributed by atoms with E-state index in [1.807, 2.05) is 6.07 Å². The first kappa shape index (κ1) is 21.1. The van der Waals surface area contributed by atoms with Gasteiger partial charge in [-0.15, -0.1) is 0 Å². The van der Waals surface area contributed by atoms with E-state index in [0.29, 0.717) is 30.4 Å². The first-order chi connectivity index (χ1) is 14.2. The van der Waals surface area contributed by atoms with Crippen LogP contribution in [0.2, 0.25) is 5.15 Å². The van der Waals surface area contributed by atoms with Gasteiger partial charge >= 0.3 is 0 Å². The maximum absolute atomic E-state index is 12.6. The van der Waals surface area contributed by atoms with Gasteiger partial charge in [0.15, 0.2) is 22.1 Å². The van der Waals surface area contributed by atoms with Gasteiger partial charge in [-0.1, -0.05) is 25.4 Å². The topological polar surface area (TPSA) is 70.4 Å². The number of hydrogen-bond acceptors (Lipinski definition) is 5. The molecule has 0 spiro atoms. The zero-order valence-corrected chi connectivity index (χ0v) is 18.6. The highest BCUT2D eigenvalue weighted by Crippen LogP contribution is 2.59. The van der Waals surface area contributed by atoms with E-state index in [2.05, 4.69) is 23.4 Å². The second-order valence-corrected chi connectivity index (χ2v) is 9.25. The minimum atomic E-state index is -0.285. The minimum absolute atomic E-state index is 0.0132. The molecule has 6 nitrogen and oxygen atoms in total. The number of carbonyl (C=O) groups excluding carboxylic acids is 1. The lowest BCUT2D eigenvalue weighted by Gasteiger charge is -2.39. The van der Waals surface area contributed by atoms with Gasteiger partial charge in [0.05, 0.1) is 23.6 Å². The molecule has 0 amide bonds. The molecule has 160 valence electrons. The average molecular weight is 431 g/mol. The quantitative estimate of drug-likeness (QED) is 0.379. The molecule has 0 aromatic carbocycles. The number of carbonyl (C=O) groups is 1. The van der Waals surface area contributed by atoms with Crippen LogP contribution in [0.1, 0.15) is 67.9 Å². The van der Waals surface area contributed by atoms with Gasteiger partial charge in [0.1, 0.15) is 0 Å². The molecule has 1 fully saturated rings. The molecule has 2 aromatic rings. The van der Waals surface area contributed by atoms with Crippen LogP contribution in [0, 0.1) is 5.41 Å². The summed E-state index contributed by atoms with van der Waals surface area (Å²) in [6.45, 7) is 7.02. The van der Waals surface area contributed by atoms with E-state index in [4.69, 9.17) is 21.1 Å². The highest BCUT2D eigenvalue weighted by molar-refractivity contribution is 6.31. The molecule has 2 aliphatic rings. The Balaban J connectivity index is 1.86. The van der Waals surface area contributed by atoms with Crippen LogP contribution < -0.4 is 10.2 Å². The Kier molecular flexibility index (Phi) is 5.49. The minimum Gasteiger partial charge on any atom is -0.490 e. The fraction of sp³-hybridized carbons (Fsp3) is 0.522. The number of nitrogens with zero attached hydrogens (tertiary/aromatic N) is 2. The van der Waals surface area contributed by atoms with Gasteiger partial charge in [-0.3, -0.25) is 9.59 Å². The van der Waals surface area contributed by atoms with Gasteiger partial charge < -0.3 is 14.0 Å². The predicted molar refractivity (Wildman–Crippen MR) is 116 cm³/mol. The highest BCUT2D eigenvalue weighted by atomic mass is 35.5. The van der Waals surface area contributed by atoms with Crippen molar-refractivity contribution in [3.63, 3.8) is 0 Å². The number of rotatable bonds is 6. The van der Waals surface area contributed by atoms with E-state index in [9.17, 15) is 9.59 Å². The maximum atomic E-state index is 12.6. The smallest absolute Gasteiger partial charge is 0.193 e. The van der Waals surface area contributed by atoms with Crippen molar-refractivity contribution in [2.75, 3.05) is 20.3 Å². The van der Waals surface area contributed by atoms with Crippen LogP contribution in [0.3, 0.4) is 0 Å². The van der Waals surface area contributed by atoms with Crippen LogP contribution in [0.15, 0.2) is 23.1 Å². The van der Waals surface area contributed by atoms with E-state index in [0.717, 1.165) is 24.8 Å². The first-order valence-electron chi connectivity index (χ1n) is 10.3. The van der Waals surface area contributed by atoms with E-state index < -0.39 is 0 Å². The normalized spacial score (nSPS) is 21.0. The average Bonchev–Trinajstić information content (AvgIpc) is 3.01. The van der Waals surface area contributed by atoms with Gasteiger partial charge in [0.2, 0.25) is 0 Å². The highest BCUT2D eigenvalue weighted by Gasteiger charge is 2.48. The number of aromatic nitrogens is 2. The Hall–Kier alpha value is -2.18. The molecule has 7 heteroatoms. The van der Waals surface area contributed by atoms with Crippen molar-refractivity contribution in [2.24, 2.45) is 5.41 Å². The molecule has 0 N–H and O–H groups in total. The van der Waals surface area contributed by atoms with Crippen LogP contribution >= 0.6 is 11.6 Å². The third-order valence-corrected chi connectivity index (χ3v) is 6.68. The molecule has 0 saturated heterocycles. The zero-order chi connectivity index (χ0) is 21.6. The summed E-state index contributed by atoms with van der Waals surface area (Å²) >= 11 is 6.45. The van der Waals surface area contributed by atoms with Crippen LogP contribution in [-0.2, 0) is 4.74 Å². The summed E-state index contributed by atoms with van der Waals surface area (Å²) in [5.74, 6) is 0.557. The number of hydrogen-bond donors (Lipinski definition) is 0. The van der Waals surface area contributed by atoms with Crippen molar-refractivity contribution in [3.8, 4) is 17.1 Å². The zero-order valence-electron chi connectivity index (χ0n) is 17.8.